The summed E-state index contributed by atoms with van der Waals surface area (Å²) in [6, 6.07) is 15.3. The Morgan fingerprint density at radius 3 is 1.23 bits per heavy atom. The maximum atomic E-state index is 5.78. The number of hydrogen-bond donors (Lipinski definition) is 2. The Morgan fingerprint density at radius 1 is 0.615 bits per heavy atom. The lowest BCUT2D eigenvalue weighted by Gasteiger charge is -1.96. The van der Waals surface area contributed by atoms with E-state index in [0.717, 1.165) is 40.5 Å². The Kier molecular flexibility index (Phi) is 6.80. The summed E-state index contributed by atoms with van der Waals surface area (Å²) in [5, 5.41) is 5.51. The number of aromatic amines is 2. The molecule has 8 heteroatoms. The van der Waals surface area contributed by atoms with Gasteiger partial charge in [-0.25, -0.2) is 0 Å². The third kappa shape index (κ3) is 5.36. The van der Waals surface area contributed by atoms with Crippen LogP contribution in [0.25, 0.3) is 22.5 Å². The second-order valence-electron chi connectivity index (χ2n) is 5.14. The van der Waals surface area contributed by atoms with Crippen molar-refractivity contribution in [3.05, 3.63) is 77.2 Å². The van der Waals surface area contributed by atoms with Gasteiger partial charge in [0.15, 0.2) is 7.91 Å². The first-order valence-electron chi connectivity index (χ1n) is 7.39. The van der Waals surface area contributed by atoms with Crippen molar-refractivity contribution in [3.63, 3.8) is 0 Å². The van der Waals surface area contributed by atoms with E-state index in [4.69, 9.17) is 47.6 Å². The summed E-state index contributed by atoms with van der Waals surface area (Å²) in [5.74, 6) is 0. The van der Waals surface area contributed by atoms with E-state index in [2.05, 4.69) is 9.97 Å². The van der Waals surface area contributed by atoms with Gasteiger partial charge in [0.2, 0.25) is 0 Å². The van der Waals surface area contributed by atoms with Crippen LogP contribution in [0.15, 0.2) is 59.3 Å². The largest absolute Gasteiger partial charge is 0.337 e. The molecule has 2 nitrogen and oxygen atoms in total. The molecule has 0 bridgehead atoms. The summed E-state index contributed by atoms with van der Waals surface area (Å²) in [4.78, 5) is 6.20. The summed E-state index contributed by atoms with van der Waals surface area (Å²) < 4.78 is 1.59. The van der Waals surface area contributed by atoms with Crippen molar-refractivity contribution >= 4 is 70.3 Å². The van der Waals surface area contributed by atoms with Crippen LogP contribution in [0, 0.1) is 7.91 Å². The summed E-state index contributed by atoms with van der Waals surface area (Å²) >= 11 is 24.6. The topological polar surface area (TPSA) is 31.6 Å². The van der Waals surface area contributed by atoms with E-state index in [1.165, 1.54) is 22.7 Å². The molecule has 0 amide bonds. The summed E-state index contributed by atoms with van der Waals surface area (Å²) in [5.41, 5.74) is 4.31. The van der Waals surface area contributed by atoms with E-state index in [0.29, 0.717) is 0 Å². The molecule has 2 aromatic carbocycles. The first-order chi connectivity index (χ1) is 12.5. The van der Waals surface area contributed by atoms with E-state index in [9.17, 15) is 0 Å². The molecule has 26 heavy (non-hydrogen) atoms. The molecule has 2 heterocycles. The van der Waals surface area contributed by atoms with Crippen LogP contribution in [0.5, 0.6) is 0 Å². The van der Waals surface area contributed by atoms with E-state index < -0.39 is 0 Å². The Morgan fingerprint density at radius 2 is 0.962 bits per heavy atom. The van der Waals surface area contributed by atoms with E-state index >= 15 is 0 Å². The van der Waals surface area contributed by atoms with Crippen molar-refractivity contribution in [1.82, 2.24) is 9.97 Å². The van der Waals surface area contributed by atoms with Gasteiger partial charge in [-0.2, -0.15) is 0 Å². The Bertz CT molecular complexity index is 1000. The minimum atomic E-state index is 0.748. The second kappa shape index (κ2) is 9.08. The molecule has 0 atom stereocenters. The number of nitrogens with one attached hydrogen (secondary N) is 2. The maximum Gasteiger partial charge on any atom is 0.158 e. The number of hydrogen-bond acceptors (Lipinski definition) is 4. The van der Waals surface area contributed by atoms with Crippen molar-refractivity contribution in [1.29, 1.82) is 0 Å². The third-order valence-corrected chi connectivity index (χ3v) is 5.98. The zero-order valence-electron chi connectivity index (χ0n) is 13.2. The van der Waals surface area contributed by atoms with Gasteiger partial charge in [-0.3, -0.25) is 0 Å². The van der Waals surface area contributed by atoms with Crippen molar-refractivity contribution in [2.45, 2.75) is 0 Å². The van der Waals surface area contributed by atoms with Crippen molar-refractivity contribution < 1.29 is 0 Å². The van der Waals surface area contributed by atoms with E-state index in [1.54, 1.807) is 0 Å². The molecule has 0 aliphatic rings. The van der Waals surface area contributed by atoms with Crippen LogP contribution < -0.4 is 0 Å². The molecule has 0 fully saturated rings. The highest BCUT2D eigenvalue weighted by atomic mass is 35.5. The fraction of sp³-hybridized carbons (Fsp3) is 0. The molecule has 0 spiro atoms. The number of benzene rings is 2. The minimum absolute atomic E-state index is 0.748. The molecule has 0 unspecified atom stereocenters. The predicted molar refractivity (Wildman–Crippen MR) is 120 cm³/mol. The average Bonchev–Trinajstić information content (AvgIpc) is 3.25. The summed E-state index contributed by atoms with van der Waals surface area (Å²) in [7, 11) is 0. The quantitative estimate of drug-likeness (QED) is 0.298. The van der Waals surface area contributed by atoms with Gasteiger partial charge in [0, 0.05) is 20.8 Å². The molecule has 2 N–H and O–H groups in total. The van der Waals surface area contributed by atoms with Gasteiger partial charge in [-0.05, 0) is 59.8 Å². The Hall–Kier alpha value is -1.28. The van der Waals surface area contributed by atoms with Crippen LogP contribution in [0.3, 0.4) is 0 Å². The molecule has 0 saturated carbocycles. The zero-order valence-corrected chi connectivity index (χ0v) is 17.9. The van der Waals surface area contributed by atoms with Gasteiger partial charge in [0.1, 0.15) is 0 Å². The van der Waals surface area contributed by atoms with Gasteiger partial charge in [-0.15, -0.1) is 22.7 Å². The molecule has 0 saturated heterocycles. The van der Waals surface area contributed by atoms with Crippen LogP contribution in [-0.4, -0.2) is 9.97 Å². The Labute approximate surface area is 179 Å². The van der Waals surface area contributed by atoms with Gasteiger partial charge >= 0.3 is 0 Å². The van der Waals surface area contributed by atoms with Crippen LogP contribution in [0.4, 0.5) is 0 Å². The standard InChI is InChI=1S/2C9H6ClNS2/c2*10-7-3-1-6(2-4-7)8-5-13-9(12)11-8/h2*1-5H,(H,11,12). The maximum absolute atomic E-state index is 5.78. The third-order valence-electron chi connectivity index (χ3n) is 3.35. The number of thiazole rings is 2. The van der Waals surface area contributed by atoms with Gasteiger partial charge in [0.25, 0.3) is 0 Å². The number of rotatable bonds is 2. The first-order valence-corrected chi connectivity index (χ1v) is 10.7. The van der Waals surface area contributed by atoms with Crippen LogP contribution in [-0.2, 0) is 0 Å². The monoisotopic (exact) mass is 454 g/mol. The predicted octanol–water partition coefficient (Wildman–Crippen LogP) is 8.25. The summed E-state index contributed by atoms with van der Waals surface area (Å²) in [6.07, 6.45) is 0. The first kappa shape index (κ1) is 19.5. The molecule has 0 aliphatic carbocycles. The number of halogens is 2. The number of H-pyrrole nitrogens is 2. The smallest absolute Gasteiger partial charge is 0.158 e. The highest BCUT2D eigenvalue weighted by Crippen LogP contribution is 2.22. The van der Waals surface area contributed by atoms with Crippen molar-refractivity contribution in [2.75, 3.05) is 0 Å². The van der Waals surface area contributed by atoms with Gasteiger partial charge in [-0.1, -0.05) is 47.5 Å². The van der Waals surface area contributed by atoms with Gasteiger partial charge < -0.3 is 9.97 Å². The van der Waals surface area contributed by atoms with Crippen LogP contribution in [0.1, 0.15) is 0 Å². The van der Waals surface area contributed by atoms with E-state index in [-0.39, 0.29) is 0 Å². The van der Waals surface area contributed by atoms with Crippen LogP contribution >= 0.6 is 70.3 Å². The Balaban J connectivity index is 0.000000151. The molecule has 4 rings (SSSR count). The molecule has 0 radical (unpaired) electrons. The molecule has 2 aromatic heterocycles. The lowest BCUT2D eigenvalue weighted by molar-refractivity contribution is 1.39. The van der Waals surface area contributed by atoms with E-state index in [1.807, 2.05) is 59.3 Å². The SMILES string of the molecule is S=c1[nH]c(-c2ccc(Cl)cc2)cs1.S=c1[nH]c(-c2ccc(Cl)cc2)cs1. The lowest BCUT2D eigenvalue weighted by Crippen LogP contribution is -1.75. The van der Waals surface area contributed by atoms with Crippen LogP contribution in [0.2, 0.25) is 10.0 Å². The molecular formula is C18H12Cl2N2S4. The van der Waals surface area contributed by atoms with Gasteiger partial charge in [0.05, 0.1) is 11.4 Å². The van der Waals surface area contributed by atoms with Crippen molar-refractivity contribution in [3.8, 4) is 22.5 Å². The fourth-order valence-corrected chi connectivity index (χ4v) is 4.04. The van der Waals surface area contributed by atoms with Crippen molar-refractivity contribution in [2.24, 2.45) is 0 Å². The highest BCUT2D eigenvalue weighted by molar-refractivity contribution is 7.73. The summed E-state index contributed by atoms with van der Waals surface area (Å²) in [6.45, 7) is 0. The fourth-order valence-electron chi connectivity index (χ4n) is 2.10. The highest BCUT2D eigenvalue weighted by Gasteiger charge is 1.99. The molecular weight excluding hydrogens is 443 g/mol. The zero-order chi connectivity index (χ0) is 18.5. The lowest BCUT2D eigenvalue weighted by atomic mass is 10.2. The second-order valence-corrected chi connectivity index (χ2v) is 9.10. The minimum Gasteiger partial charge on any atom is -0.337 e. The molecule has 132 valence electrons. The average molecular weight is 455 g/mol. The molecule has 0 aliphatic heterocycles. The number of aromatic nitrogens is 2. The molecule has 4 aromatic rings. The normalized spacial score (nSPS) is 10.2.